The molecule has 0 aliphatic carbocycles. The molecule has 0 atom stereocenters. The molecule has 0 aromatic heterocycles. The molecular formula is C22H24N2O7. The molecule has 0 spiro atoms. The Bertz CT molecular complexity index is 908. The molecule has 0 radical (unpaired) electrons. The van der Waals surface area contributed by atoms with Crippen molar-refractivity contribution in [3.8, 4) is 11.5 Å². The van der Waals surface area contributed by atoms with Gasteiger partial charge in [-0.2, -0.15) is 0 Å². The third kappa shape index (κ3) is 6.71. The number of nitrogens with one attached hydrogen (secondary N) is 1. The topological polar surface area (TPSA) is 103 Å². The van der Waals surface area contributed by atoms with E-state index in [0.717, 1.165) is 0 Å². The summed E-state index contributed by atoms with van der Waals surface area (Å²) in [4.78, 5) is 37.8. The average Bonchev–Trinajstić information content (AvgIpc) is 2.82. The number of morpholine rings is 1. The van der Waals surface area contributed by atoms with Crippen LogP contribution < -0.4 is 14.8 Å². The highest BCUT2D eigenvalue weighted by Gasteiger charge is 2.18. The van der Waals surface area contributed by atoms with Crippen molar-refractivity contribution in [1.82, 2.24) is 4.90 Å². The van der Waals surface area contributed by atoms with Gasteiger partial charge in [-0.1, -0.05) is 6.07 Å². The van der Waals surface area contributed by atoms with Gasteiger partial charge in [-0.15, -0.1) is 0 Å². The molecule has 0 bridgehead atoms. The Labute approximate surface area is 179 Å². The van der Waals surface area contributed by atoms with Crippen molar-refractivity contribution in [2.24, 2.45) is 0 Å². The van der Waals surface area contributed by atoms with Crippen LogP contribution in [0.3, 0.4) is 0 Å². The lowest BCUT2D eigenvalue weighted by Gasteiger charge is -2.26. The summed E-state index contributed by atoms with van der Waals surface area (Å²) in [6.07, 6.45) is 0. The molecular weight excluding hydrogens is 404 g/mol. The van der Waals surface area contributed by atoms with Crippen LogP contribution in [0, 0.1) is 0 Å². The fourth-order valence-electron chi connectivity index (χ4n) is 2.85. The van der Waals surface area contributed by atoms with Crippen LogP contribution in [-0.4, -0.2) is 69.3 Å². The number of anilines is 1. The van der Waals surface area contributed by atoms with Gasteiger partial charge in [0, 0.05) is 24.8 Å². The lowest BCUT2D eigenvalue weighted by molar-refractivity contribution is -0.138. The van der Waals surface area contributed by atoms with E-state index >= 15 is 0 Å². The number of methoxy groups -OCH3 is 1. The summed E-state index contributed by atoms with van der Waals surface area (Å²) >= 11 is 0. The first-order valence-corrected chi connectivity index (χ1v) is 9.74. The van der Waals surface area contributed by atoms with Gasteiger partial charge in [0.25, 0.3) is 11.8 Å². The highest BCUT2D eigenvalue weighted by atomic mass is 16.5. The summed E-state index contributed by atoms with van der Waals surface area (Å²) in [5.41, 5.74) is 0.876. The van der Waals surface area contributed by atoms with Gasteiger partial charge in [0.05, 0.1) is 25.9 Å². The number of rotatable bonds is 8. The van der Waals surface area contributed by atoms with Crippen molar-refractivity contribution in [1.29, 1.82) is 0 Å². The molecule has 2 aromatic carbocycles. The highest BCUT2D eigenvalue weighted by molar-refractivity contribution is 5.92. The molecule has 1 aliphatic heterocycles. The fraction of sp³-hybridized carbons (Fsp3) is 0.318. The minimum absolute atomic E-state index is 0.199. The zero-order valence-electron chi connectivity index (χ0n) is 17.2. The van der Waals surface area contributed by atoms with Crippen LogP contribution in [0.4, 0.5) is 5.69 Å². The van der Waals surface area contributed by atoms with Crippen molar-refractivity contribution in [2.75, 3.05) is 51.9 Å². The summed E-state index contributed by atoms with van der Waals surface area (Å²) in [5, 5.41) is 2.71. The predicted octanol–water partition coefficient (Wildman–Crippen LogP) is 1.73. The maximum absolute atomic E-state index is 12.1. The van der Waals surface area contributed by atoms with Crippen LogP contribution in [0.1, 0.15) is 10.4 Å². The minimum Gasteiger partial charge on any atom is -0.497 e. The first-order valence-electron chi connectivity index (χ1n) is 9.74. The van der Waals surface area contributed by atoms with E-state index in [-0.39, 0.29) is 30.6 Å². The van der Waals surface area contributed by atoms with Crippen molar-refractivity contribution in [3.63, 3.8) is 0 Å². The molecule has 2 aromatic rings. The van der Waals surface area contributed by atoms with Crippen LogP contribution in [0.5, 0.6) is 11.5 Å². The third-order valence-corrected chi connectivity index (χ3v) is 4.50. The first-order chi connectivity index (χ1) is 15.0. The normalized spacial score (nSPS) is 13.3. The monoisotopic (exact) mass is 428 g/mol. The molecule has 0 saturated carbocycles. The lowest BCUT2D eigenvalue weighted by Crippen LogP contribution is -2.42. The molecule has 1 heterocycles. The molecule has 9 heteroatoms. The summed E-state index contributed by atoms with van der Waals surface area (Å²) in [6.45, 7) is 1.44. The number of esters is 1. The van der Waals surface area contributed by atoms with Gasteiger partial charge in [-0.3, -0.25) is 9.59 Å². The first kappa shape index (κ1) is 22.1. The van der Waals surface area contributed by atoms with Gasteiger partial charge in [-0.05, 0) is 36.4 Å². The van der Waals surface area contributed by atoms with E-state index < -0.39 is 5.97 Å². The van der Waals surface area contributed by atoms with Crippen molar-refractivity contribution in [3.05, 3.63) is 54.1 Å². The Balaban J connectivity index is 1.43. The molecule has 2 amide bonds. The largest absolute Gasteiger partial charge is 0.497 e. The van der Waals surface area contributed by atoms with E-state index in [4.69, 9.17) is 18.9 Å². The van der Waals surface area contributed by atoms with Gasteiger partial charge in [0.15, 0.2) is 13.2 Å². The van der Waals surface area contributed by atoms with Gasteiger partial charge in [0.2, 0.25) is 0 Å². The predicted molar refractivity (Wildman–Crippen MR) is 111 cm³/mol. The maximum atomic E-state index is 12.1. The molecule has 3 rings (SSSR count). The molecule has 1 fully saturated rings. The van der Waals surface area contributed by atoms with E-state index in [2.05, 4.69) is 5.32 Å². The Hall–Kier alpha value is -3.59. The Morgan fingerprint density at radius 3 is 2.45 bits per heavy atom. The summed E-state index contributed by atoms with van der Waals surface area (Å²) < 4.78 is 20.8. The summed E-state index contributed by atoms with van der Waals surface area (Å²) in [5.74, 6) is -0.143. The lowest BCUT2D eigenvalue weighted by atomic mass is 10.2. The molecule has 9 nitrogen and oxygen atoms in total. The number of ether oxygens (including phenoxy) is 4. The highest BCUT2D eigenvalue weighted by Crippen LogP contribution is 2.17. The molecule has 31 heavy (non-hydrogen) atoms. The standard InChI is InChI=1S/C22H24N2O7/c1-28-19-4-2-3-17(13-19)23-20(25)14-30-18-7-5-16(6-8-18)22(27)31-15-21(26)24-9-11-29-12-10-24/h2-8,13H,9-12,14-15H2,1H3,(H,23,25). The van der Waals surface area contributed by atoms with Crippen LogP contribution in [0.15, 0.2) is 48.5 Å². The zero-order valence-corrected chi connectivity index (χ0v) is 17.2. The van der Waals surface area contributed by atoms with Gasteiger partial charge < -0.3 is 29.2 Å². The molecule has 1 N–H and O–H groups in total. The summed E-state index contributed by atoms with van der Waals surface area (Å²) in [6, 6.07) is 13.1. The Morgan fingerprint density at radius 2 is 1.74 bits per heavy atom. The van der Waals surface area contributed by atoms with E-state index in [0.29, 0.717) is 43.5 Å². The van der Waals surface area contributed by atoms with Gasteiger partial charge in [-0.25, -0.2) is 4.79 Å². The van der Waals surface area contributed by atoms with Gasteiger partial charge >= 0.3 is 5.97 Å². The second-order valence-electron chi connectivity index (χ2n) is 6.66. The minimum atomic E-state index is -0.607. The quantitative estimate of drug-likeness (QED) is 0.639. The van der Waals surface area contributed by atoms with Crippen molar-refractivity contribution >= 4 is 23.5 Å². The second kappa shape index (κ2) is 11.0. The van der Waals surface area contributed by atoms with Crippen molar-refractivity contribution < 1.29 is 33.3 Å². The molecule has 164 valence electrons. The number of benzene rings is 2. The Kier molecular flexibility index (Phi) is 7.83. The van der Waals surface area contributed by atoms with E-state index in [9.17, 15) is 14.4 Å². The molecule has 1 saturated heterocycles. The number of hydrogen-bond acceptors (Lipinski definition) is 7. The van der Waals surface area contributed by atoms with E-state index in [1.807, 2.05) is 0 Å². The number of hydrogen-bond donors (Lipinski definition) is 1. The maximum Gasteiger partial charge on any atom is 0.338 e. The fourth-order valence-corrected chi connectivity index (χ4v) is 2.85. The average molecular weight is 428 g/mol. The molecule has 1 aliphatic rings. The molecule has 0 unspecified atom stereocenters. The van der Waals surface area contributed by atoms with Crippen LogP contribution in [0.25, 0.3) is 0 Å². The second-order valence-corrected chi connectivity index (χ2v) is 6.66. The third-order valence-electron chi connectivity index (χ3n) is 4.50. The zero-order chi connectivity index (χ0) is 22.1. The number of amides is 2. The van der Waals surface area contributed by atoms with Gasteiger partial charge in [0.1, 0.15) is 11.5 Å². The number of carbonyl (C=O) groups excluding carboxylic acids is 3. The Morgan fingerprint density at radius 1 is 1.00 bits per heavy atom. The number of nitrogens with zero attached hydrogens (tertiary/aromatic N) is 1. The SMILES string of the molecule is COc1cccc(NC(=O)COc2ccc(C(=O)OCC(=O)N3CCOCC3)cc2)c1. The van der Waals surface area contributed by atoms with Crippen LogP contribution in [0.2, 0.25) is 0 Å². The van der Waals surface area contributed by atoms with Crippen LogP contribution >= 0.6 is 0 Å². The smallest absolute Gasteiger partial charge is 0.338 e. The van der Waals surface area contributed by atoms with E-state index in [1.165, 1.54) is 12.1 Å². The van der Waals surface area contributed by atoms with E-state index in [1.54, 1.807) is 48.4 Å². The van der Waals surface area contributed by atoms with Crippen LogP contribution in [-0.2, 0) is 19.1 Å². The van der Waals surface area contributed by atoms with Crippen molar-refractivity contribution in [2.45, 2.75) is 0 Å². The number of carbonyl (C=O) groups is 3. The summed E-state index contributed by atoms with van der Waals surface area (Å²) in [7, 11) is 1.55.